The summed E-state index contributed by atoms with van der Waals surface area (Å²) in [6.07, 6.45) is 13.1. The van der Waals surface area contributed by atoms with Crippen molar-refractivity contribution in [2.75, 3.05) is 23.8 Å². The predicted molar refractivity (Wildman–Crippen MR) is 198 cm³/mol. The van der Waals surface area contributed by atoms with Crippen molar-refractivity contribution in [3.63, 3.8) is 0 Å². The maximum atomic E-state index is 5.93. The molecule has 8 rings (SSSR count). The Morgan fingerprint density at radius 1 is 0.577 bits per heavy atom. The minimum atomic E-state index is 0.502. The Hall–Kier alpha value is -6.04. The zero-order valence-electron chi connectivity index (χ0n) is 29.3. The van der Waals surface area contributed by atoms with E-state index in [0.29, 0.717) is 73.4 Å². The van der Waals surface area contributed by atoms with Crippen LogP contribution >= 0.6 is 0 Å². The monoisotopic (exact) mass is 694 g/mol. The molecule has 2 N–H and O–H groups in total. The van der Waals surface area contributed by atoms with E-state index in [2.05, 4.69) is 62.6 Å². The van der Waals surface area contributed by atoms with Crippen LogP contribution in [-0.2, 0) is 13.1 Å². The molecule has 6 aromatic heterocycles. The summed E-state index contributed by atoms with van der Waals surface area (Å²) >= 11 is 0. The van der Waals surface area contributed by atoms with E-state index in [-0.39, 0.29) is 0 Å². The number of hydrogen-bond acceptors (Lipinski definition) is 12. The first kappa shape index (κ1) is 34.4. The summed E-state index contributed by atoms with van der Waals surface area (Å²) in [5.41, 5.74) is 4.55. The third-order valence-corrected chi connectivity index (χ3v) is 8.92. The molecule has 0 aromatic carbocycles. The second-order valence-corrected chi connectivity index (χ2v) is 13.0. The molecule has 12 heteroatoms. The number of pyridine rings is 4. The number of nitrogens with one attached hydrogen (secondary N) is 2. The molecule has 6 heterocycles. The lowest BCUT2D eigenvalue weighted by Gasteiger charge is -2.10. The van der Waals surface area contributed by atoms with Crippen LogP contribution in [0.5, 0.6) is 11.8 Å². The van der Waals surface area contributed by atoms with Gasteiger partial charge in [0.05, 0.1) is 13.2 Å². The van der Waals surface area contributed by atoms with Crippen LogP contribution in [0.15, 0.2) is 110 Å². The van der Waals surface area contributed by atoms with Gasteiger partial charge in [-0.1, -0.05) is 18.2 Å². The first-order valence-corrected chi connectivity index (χ1v) is 17.6. The lowest BCUT2D eigenvalue weighted by atomic mass is 10.2. The number of ether oxygens (including phenoxy) is 2. The van der Waals surface area contributed by atoms with Crippen LogP contribution in [0.1, 0.15) is 58.8 Å². The van der Waals surface area contributed by atoms with Gasteiger partial charge in [0, 0.05) is 97.5 Å². The number of rotatable bonds is 14. The molecule has 2 fully saturated rings. The zero-order valence-corrected chi connectivity index (χ0v) is 29.3. The first-order valence-electron chi connectivity index (χ1n) is 17.6. The molecule has 2 saturated carbocycles. The van der Waals surface area contributed by atoms with Gasteiger partial charge in [-0.3, -0.25) is 19.9 Å². The molecule has 4 atom stereocenters. The molecular weight excluding hydrogens is 653 g/mol. The fraction of sp³-hybridized carbons (Fsp3) is 0.300. The van der Waals surface area contributed by atoms with Gasteiger partial charge in [-0.2, -0.15) is 9.97 Å². The van der Waals surface area contributed by atoms with Gasteiger partial charge in [0.15, 0.2) is 0 Å². The summed E-state index contributed by atoms with van der Waals surface area (Å²) in [6.45, 7) is 6.40. The fourth-order valence-corrected chi connectivity index (χ4v) is 5.96. The third-order valence-electron chi connectivity index (χ3n) is 8.92. The second kappa shape index (κ2) is 16.8. The van der Waals surface area contributed by atoms with Crippen molar-refractivity contribution in [2.45, 2.75) is 51.6 Å². The van der Waals surface area contributed by atoms with Gasteiger partial charge < -0.3 is 20.1 Å². The van der Waals surface area contributed by atoms with E-state index in [1.54, 1.807) is 18.6 Å². The quantitative estimate of drug-likeness (QED) is 0.125. The molecule has 0 aliphatic heterocycles. The van der Waals surface area contributed by atoms with Crippen LogP contribution in [0.25, 0.3) is 0 Å². The average molecular weight is 695 g/mol. The predicted octanol–water partition coefficient (Wildman–Crippen LogP) is 6.74. The molecule has 0 spiro atoms. The van der Waals surface area contributed by atoms with Crippen molar-refractivity contribution in [1.29, 1.82) is 0 Å². The highest BCUT2D eigenvalue weighted by molar-refractivity contribution is 5.40. The average Bonchev–Trinajstić information content (AvgIpc) is 4.12. The van der Waals surface area contributed by atoms with E-state index < -0.39 is 0 Å². The molecule has 0 radical (unpaired) electrons. The van der Waals surface area contributed by atoms with Crippen LogP contribution in [-0.4, -0.2) is 53.1 Å². The number of anilines is 2. The van der Waals surface area contributed by atoms with Crippen molar-refractivity contribution in [3.8, 4) is 11.8 Å². The SMILES string of the molecule is Cc1nc(NCc2cccnc2)cc(OCC2CC2c2ccccn2)n1.Cc1nc(NCc2ccncc2)cc(OCC2CC2c2ccccn2)n1. The number of hydrogen-bond donors (Lipinski definition) is 2. The topological polar surface area (TPSA) is 146 Å². The van der Waals surface area contributed by atoms with E-state index in [1.165, 1.54) is 0 Å². The summed E-state index contributed by atoms with van der Waals surface area (Å²) in [7, 11) is 0. The van der Waals surface area contributed by atoms with Gasteiger partial charge in [-0.05, 0) is 80.3 Å². The van der Waals surface area contributed by atoms with Crippen molar-refractivity contribution >= 4 is 11.6 Å². The minimum absolute atomic E-state index is 0.502. The fourth-order valence-electron chi connectivity index (χ4n) is 5.96. The van der Waals surface area contributed by atoms with E-state index in [1.807, 2.05) is 93.1 Å². The van der Waals surface area contributed by atoms with Crippen LogP contribution < -0.4 is 20.1 Å². The molecule has 2 aliphatic rings. The molecule has 0 bridgehead atoms. The van der Waals surface area contributed by atoms with E-state index in [4.69, 9.17) is 9.47 Å². The van der Waals surface area contributed by atoms with Gasteiger partial charge in [0.1, 0.15) is 23.3 Å². The van der Waals surface area contributed by atoms with E-state index >= 15 is 0 Å². The van der Waals surface area contributed by atoms with E-state index in [0.717, 1.165) is 47.0 Å². The molecule has 6 aromatic rings. The van der Waals surface area contributed by atoms with Crippen LogP contribution in [0.2, 0.25) is 0 Å². The van der Waals surface area contributed by atoms with Gasteiger partial charge in [0.2, 0.25) is 11.8 Å². The molecule has 264 valence electrons. The summed E-state index contributed by atoms with van der Waals surface area (Å²) in [5, 5.41) is 6.61. The van der Waals surface area contributed by atoms with Crippen molar-refractivity contribution in [2.24, 2.45) is 11.8 Å². The van der Waals surface area contributed by atoms with Crippen molar-refractivity contribution < 1.29 is 9.47 Å². The van der Waals surface area contributed by atoms with Crippen LogP contribution in [0.4, 0.5) is 11.6 Å². The Balaban J connectivity index is 0.000000162. The third kappa shape index (κ3) is 10.0. The minimum Gasteiger partial charge on any atom is -0.477 e. The smallest absolute Gasteiger partial charge is 0.218 e. The maximum Gasteiger partial charge on any atom is 0.218 e. The van der Waals surface area contributed by atoms with Crippen LogP contribution in [0, 0.1) is 25.7 Å². The van der Waals surface area contributed by atoms with Gasteiger partial charge in [0.25, 0.3) is 0 Å². The molecule has 0 amide bonds. The maximum absolute atomic E-state index is 5.93. The molecular formula is C40H42N10O2. The Morgan fingerprint density at radius 3 is 1.63 bits per heavy atom. The lowest BCUT2D eigenvalue weighted by Crippen LogP contribution is -2.07. The largest absolute Gasteiger partial charge is 0.477 e. The highest BCUT2D eigenvalue weighted by Crippen LogP contribution is 2.47. The van der Waals surface area contributed by atoms with Crippen molar-refractivity contribution in [1.82, 2.24) is 39.9 Å². The number of aryl methyl sites for hydroxylation is 2. The Kier molecular flexibility index (Phi) is 11.1. The number of nitrogens with zero attached hydrogens (tertiary/aromatic N) is 8. The van der Waals surface area contributed by atoms with Crippen molar-refractivity contribution in [3.05, 3.63) is 144 Å². The number of aromatic nitrogens is 8. The van der Waals surface area contributed by atoms with Gasteiger partial charge >= 0.3 is 0 Å². The highest BCUT2D eigenvalue weighted by atomic mass is 16.5. The summed E-state index contributed by atoms with van der Waals surface area (Å²) in [6, 6.07) is 23.7. The molecule has 0 saturated heterocycles. The zero-order chi connectivity index (χ0) is 35.5. The van der Waals surface area contributed by atoms with Gasteiger partial charge in [-0.15, -0.1) is 0 Å². The summed E-state index contributed by atoms with van der Waals surface area (Å²) in [4.78, 5) is 34.6. The Labute approximate surface area is 303 Å². The molecule has 52 heavy (non-hydrogen) atoms. The molecule has 12 nitrogen and oxygen atoms in total. The molecule has 4 unspecified atom stereocenters. The van der Waals surface area contributed by atoms with Crippen LogP contribution in [0.3, 0.4) is 0 Å². The summed E-state index contributed by atoms with van der Waals surface area (Å²) in [5.74, 6) is 6.14. The first-order chi connectivity index (χ1) is 25.6. The Morgan fingerprint density at radius 2 is 1.13 bits per heavy atom. The second-order valence-electron chi connectivity index (χ2n) is 13.0. The normalized spacial score (nSPS) is 18.3. The Bertz CT molecular complexity index is 1860. The van der Waals surface area contributed by atoms with E-state index in [9.17, 15) is 0 Å². The highest BCUT2D eigenvalue weighted by Gasteiger charge is 2.40. The standard InChI is InChI=1S/2C20H21N5O/c1-14-24-19(23-12-15-5-4-7-21-11-15)10-20(25-14)26-13-16-9-17(16)18-6-2-3-8-22-18;1-14-24-19(23-12-15-5-8-21-9-6-15)11-20(25-14)26-13-16-10-17(16)18-4-2-3-7-22-18/h2-8,10-11,16-17H,9,12-13H2,1H3,(H,23,24,25);2-9,11,16-17H,10,12-13H2,1H3,(H,23,24,25). The van der Waals surface area contributed by atoms with Gasteiger partial charge in [-0.25, -0.2) is 9.97 Å². The molecule has 2 aliphatic carbocycles. The summed E-state index contributed by atoms with van der Waals surface area (Å²) < 4.78 is 11.9. The lowest BCUT2D eigenvalue weighted by molar-refractivity contribution is 0.284.